The van der Waals surface area contributed by atoms with Gasteiger partial charge in [-0.05, 0) is 50.9 Å². The molecule has 5 nitrogen and oxygen atoms in total. The van der Waals surface area contributed by atoms with Crippen molar-refractivity contribution in [2.75, 3.05) is 0 Å². The van der Waals surface area contributed by atoms with Crippen LogP contribution in [0.3, 0.4) is 0 Å². The number of aliphatic hydroxyl groups is 1. The van der Waals surface area contributed by atoms with E-state index >= 15 is 0 Å². The van der Waals surface area contributed by atoms with E-state index in [1.54, 1.807) is 0 Å². The zero-order chi connectivity index (χ0) is 18.8. The Balaban J connectivity index is 1.59. The van der Waals surface area contributed by atoms with Crippen LogP contribution >= 0.6 is 0 Å². The van der Waals surface area contributed by atoms with Crippen LogP contribution in [-0.4, -0.2) is 35.9 Å². The van der Waals surface area contributed by atoms with Gasteiger partial charge < -0.3 is 19.3 Å². The molecule has 6 fully saturated rings. The van der Waals surface area contributed by atoms with Crippen molar-refractivity contribution < 1.29 is 24.1 Å². The Morgan fingerprint density at radius 1 is 1.30 bits per heavy atom. The van der Waals surface area contributed by atoms with Crippen LogP contribution in [0.5, 0.6) is 0 Å². The minimum atomic E-state index is -0.855. The summed E-state index contributed by atoms with van der Waals surface area (Å²) in [7, 11) is 0. The summed E-state index contributed by atoms with van der Waals surface area (Å²) in [6, 6.07) is 0. The number of ether oxygens (including phenoxy) is 3. The minimum absolute atomic E-state index is 0.0458. The largest absolute Gasteiger partial charge is 0.459 e. The number of allylic oxidation sites excluding steroid dienone is 1. The average Bonchev–Trinajstić information content (AvgIpc) is 2.61. The molecule has 8 rings (SSSR count). The highest BCUT2D eigenvalue weighted by atomic mass is 16.7. The minimum Gasteiger partial charge on any atom is -0.459 e. The summed E-state index contributed by atoms with van der Waals surface area (Å²) in [5, 5.41) is 10.9. The molecule has 3 heterocycles. The third-order valence-electron chi connectivity index (χ3n) is 9.48. The number of rotatable bonds is 1. The van der Waals surface area contributed by atoms with Gasteiger partial charge in [-0.25, -0.2) is 0 Å². The lowest BCUT2D eigenvalue weighted by Crippen LogP contribution is -2.82. The maximum Gasteiger partial charge on any atom is 0.303 e. The molecule has 0 amide bonds. The first kappa shape index (κ1) is 17.0. The number of hydrogen-bond donors (Lipinski definition) is 1. The normalized spacial score (nSPS) is 59.9. The van der Waals surface area contributed by atoms with Crippen molar-refractivity contribution in [3.8, 4) is 0 Å². The smallest absolute Gasteiger partial charge is 0.303 e. The number of carbonyl (C=O) groups is 1. The second-order valence-electron chi connectivity index (χ2n) is 10.4. The SMILES string of the molecule is CC(=O)O[C@@H]1[C@H]2O[C@H]3O[C@@H](O)[C@@]4(C)CCC[C@]3([C@H]14)[C@@H]1C[C@@H]3CC[C@@]21C=C3C. The molecule has 0 aromatic rings. The first-order chi connectivity index (χ1) is 12.8. The molecule has 10 atom stereocenters. The van der Waals surface area contributed by atoms with Gasteiger partial charge in [0.2, 0.25) is 0 Å². The van der Waals surface area contributed by atoms with Gasteiger partial charge in [-0.15, -0.1) is 0 Å². The van der Waals surface area contributed by atoms with E-state index in [-0.39, 0.29) is 46.6 Å². The third kappa shape index (κ3) is 1.72. The van der Waals surface area contributed by atoms with E-state index in [1.807, 2.05) is 0 Å². The molecule has 27 heavy (non-hydrogen) atoms. The average molecular weight is 374 g/mol. The molecule has 0 aromatic heterocycles. The standard InChI is InChI=1S/C22H30O5/c1-11-10-21-8-5-13(11)9-14(21)22-7-4-6-20(3)16(22)15(25-12(2)23)17(21)26-19(22)27-18(20)24/h10,13-19,24H,4-9H2,1-3H3/t13-,14+,15-,16+,17+,18+,19-,20-,21-,22+/m0/s1. The highest BCUT2D eigenvalue weighted by Crippen LogP contribution is 2.77. The highest BCUT2D eigenvalue weighted by Gasteiger charge is 2.81. The predicted octanol–water partition coefficient (Wildman–Crippen LogP) is 3.16. The molecule has 0 unspecified atom stereocenters. The van der Waals surface area contributed by atoms with Gasteiger partial charge in [0.1, 0.15) is 12.2 Å². The summed E-state index contributed by atoms with van der Waals surface area (Å²) in [4.78, 5) is 12.1. The topological polar surface area (TPSA) is 65.0 Å². The Hall–Kier alpha value is -0.910. The molecule has 3 saturated heterocycles. The molecule has 5 aliphatic carbocycles. The lowest BCUT2D eigenvalue weighted by atomic mass is 9.34. The Morgan fingerprint density at radius 3 is 2.85 bits per heavy atom. The molecular weight excluding hydrogens is 344 g/mol. The van der Waals surface area contributed by atoms with Crippen LogP contribution in [0.2, 0.25) is 0 Å². The molecule has 3 aliphatic heterocycles. The summed E-state index contributed by atoms with van der Waals surface area (Å²) in [6.07, 6.45) is 7.34. The quantitative estimate of drug-likeness (QED) is 0.564. The van der Waals surface area contributed by atoms with Crippen LogP contribution < -0.4 is 0 Å². The van der Waals surface area contributed by atoms with Crippen molar-refractivity contribution >= 4 is 5.97 Å². The van der Waals surface area contributed by atoms with E-state index in [0.29, 0.717) is 11.8 Å². The van der Waals surface area contributed by atoms with Gasteiger partial charge in [0, 0.05) is 29.1 Å². The highest BCUT2D eigenvalue weighted by molar-refractivity contribution is 5.66. The zero-order valence-electron chi connectivity index (χ0n) is 16.4. The van der Waals surface area contributed by atoms with Crippen molar-refractivity contribution in [2.24, 2.45) is 34.0 Å². The zero-order valence-corrected chi connectivity index (χ0v) is 16.4. The Labute approximate surface area is 160 Å². The van der Waals surface area contributed by atoms with Gasteiger partial charge in [0.05, 0.1) is 0 Å². The van der Waals surface area contributed by atoms with Crippen molar-refractivity contribution in [2.45, 2.75) is 84.1 Å². The van der Waals surface area contributed by atoms with Crippen molar-refractivity contribution in [1.82, 2.24) is 0 Å². The van der Waals surface area contributed by atoms with E-state index in [1.165, 1.54) is 25.3 Å². The van der Waals surface area contributed by atoms with Gasteiger partial charge in [0.15, 0.2) is 12.6 Å². The van der Waals surface area contributed by atoms with Gasteiger partial charge in [-0.2, -0.15) is 0 Å². The molecule has 1 N–H and O–H groups in total. The number of aliphatic hydroxyl groups excluding tert-OH is 1. The lowest BCUT2D eigenvalue weighted by molar-refractivity contribution is -0.479. The van der Waals surface area contributed by atoms with E-state index in [2.05, 4.69) is 19.9 Å². The molecule has 148 valence electrons. The summed E-state index contributed by atoms with van der Waals surface area (Å²) in [6.45, 7) is 5.90. The van der Waals surface area contributed by atoms with Crippen LogP contribution in [0.4, 0.5) is 0 Å². The summed E-state index contributed by atoms with van der Waals surface area (Å²) >= 11 is 0. The summed E-state index contributed by atoms with van der Waals surface area (Å²) in [5.74, 6) is 1.03. The fourth-order valence-corrected chi connectivity index (χ4v) is 8.67. The maximum atomic E-state index is 12.1. The van der Waals surface area contributed by atoms with Crippen LogP contribution in [-0.2, 0) is 19.0 Å². The molecule has 0 radical (unpaired) electrons. The van der Waals surface area contributed by atoms with Gasteiger partial charge >= 0.3 is 5.97 Å². The Morgan fingerprint density at radius 2 is 2.11 bits per heavy atom. The van der Waals surface area contributed by atoms with Gasteiger partial charge in [-0.1, -0.05) is 25.0 Å². The molecule has 8 aliphatic rings. The van der Waals surface area contributed by atoms with Crippen LogP contribution in [0.15, 0.2) is 11.6 Å². The fraction of sp³-hybridized carbons (Fsp3) is 0.864. The summed E-state index contributed by atoms with van der Waals surface area (Å²) < 4.78 is 18.8. The monoisotopic (exact) mass is 374 g/mol. The van der Waals surface area contributed by atoms with E-state index < -0.39 is 6.29 Å². The number of hydrogen-bond acceptors (Lipinski definition) is 5. The van der Waals surface area contributed by atoms with Gasteiger partial charge in [-0.3, -0.25) is 4.79 Å². The molecule has 7 bridgehead atoms. The summed E-state index contributed by atoms with van der Waals surface area (Å²) in [5.41, 5.74) is 0.900. The molecule has 5 heteroatoms. The van der Waals surface area contributed by atoms with Crippen molar-refractivity contribution in [1.29, 1.82) is 0 Å². The second kappa shape index (κ2) is 4.98. The molecule has 2 spiro atoms. The maximum absolute atomic E-state index is 12.1. The second-order valence-corrected chi connectivity index (χ2v) is 10.4. The molecule has 3 saturated carbocycles. The fourth-order valence-electron chi connectivity index (χ4n) is 8.67. The van der Waals surface area contributed by atoms with Gasteiger partial charge in [0.25, 0.3) is 0 Å². The van der Waals surface area contributed by atoms with E-state index in [9.17, 15) is 9.90 Å². The van der Waals surface area contributed by atoms with Crippen LogP contribution in [0, 0.1) is 34.0 Å². The first-order valence-electron chi connectivity index (χ1n) is 10.7. The van der Waals surface area contributed by atoms with Crippen molar-refractivity contribution in [3.05, 3.63) is 11.6 Å². The van der Waals surface area contributed by atoms with E-state index in [4.69, 9.17) is 14.2 Å². The predicted molar refractivity (Wildman–Crippen MR) is 96.2 cm³/mol. The van der Waals surface area contributed by atoms with Crippen molar-refractivity contribution in [3.63, 3.8) is 0 Å². The Kier molecular flexibility index (Phi) is 3.13. The number of esters is 1. The Bertz CT molecular complexity index is 747. The van der Waals surface area contributed by atoms with E-state index in [0.717, 1.165) is 25.7 Å². The number of carbonyl (C=O) groups excluding carboxylic acids is 1. The number of fused-ring (bicyclic) bond motifs is 1. The molecule has 0 aromatic carbocycles. The van der Waals surface area contributed by atoms with Crippen LogP contribution in [0.1, 0.15) is 59.3 Å². The molecular formula is C22H30O5. The van der Waals surface area contributed by atoms with Crippen LogP contribution in [0.25, 0.3) is 0 Å². The first-order valence-corrected chi connectivity index (χ1v) is 10.7. The third-order valence-corrected chi connectivity index (χ3v) is 9.48. The lowest BCUT2D eigenvalue weighted by Gasteiger charge is -2.78.